The van der Waals surface area contributed by atoms with Gasteiger partial charge >= 0.3 is 0 Å². The zero-order chi connectivity index (χ0) is 11.3. The van der Waals surface area contributed by atoms with E-state index in [2.05, 4.69) is 36.0 Å². The SMILES string of the molecule is CSCCCC1CC(C(C)C)CCC1Br. The van der Waals surface area contributed by atoms with Gasteiger partial charge in [-0.2, -0.15) is 11.8 Å². The minimum absolute atomic E-state index is 0.800. The fourth-order valence-corrected chi connectivity index (χ4v) is 3.86. The predicted molar refractivity (Wildman–Crippen MR) is 76.0 cm³/mol. The molecule has 1 rings (SSSR count). The van der Waals surface area contributed by atoms with Gasteiger partial charge in [-0.25, -0.2) is 0 Å². The summed E-state index contributed by atoms with van der Waals surface area (Å²) in [4.78, 5) is 0.800. The van der Waals surface area contributed by atoms with E-state index in [-0.39, 0.29) is 0 Å². The van der Waals surface area contributed by atoms with Crippen molar-refractivity contribution in [3.05, 3.63) is 0 Å². The van der Waals surface area contributed by atoms with Crippen molar-refractivity contribution >= 4 is 27.7 Å². The van der Waals surface area contributed by atoms with Gasteiger partial charge in [-0.3, -0.25) is 0 Å². The van der Waals surface area contributed by atoms with Crippen LogP contribution in [-0.2, 0) is 0 Å². The second kappa shape index (κ2) is 7.21. The highest BCUT2D eigenvalue weighted by Gasteiger charge is 2.29. The van der Waals surface area contributed by atoms with E-state index in [0.717, 1.165) is 22.6 Å². The average molecular weight is 293 g/mol. The Morgan fingerprint density at radius 2 is 2.07 bits per heavy atom. The van der Waals surface area contributed by atoms with Crippen LogP contribution in [0.3, 0.4) is 0 Å². The lowest BCUT2D eigenvalue weighted by Crippen LogP contribution is -2.27. The number of rotatable bonds is 5. The van der Waals surface area contributed by atoms with Crippen molar-refractivity contribution in [1.82, 2.24) is 0 Å². The van der Waals surface area contributed by atoms with E-state index in [1.54, 1.807) is 0 Å². The highest BCUT2D eigenvalue weighted by atomic mass is 79.9. The third-order valence-corrected chi connectivity index (χ3v) is 5.70. The molecule has 2 heteroatoms. The first kappa shape index (κ1) is 13.9. The molecule has 0 spiro atoms. The molecule has 15 heavy (non-hydrogen) atoms. The van der Waals surface area contributed by atoms with Crippen LogP contribution in [0.25, 0.3) is 0 Å². The molecule has 1 fully saturated rings. The van der Waals surface area contributed by atoms with E-state index in [4.69, 9.17) is 0 Å². The summed E-state index contributed by atoms with van der Waals surface area (Å²) < 4.78 is 0. The molecule has 0 N–H and O–H groups in total. The van der Waals surface area contributed by atoms with Crippen molar-refractivity contribution in [2.24, 2.45) is 17.8 Å². The Balaban J connectivity index is 2.32. The van der Waals surface area contributed by atoms with Crippen LogP contribution in [0, 0.1) is 17.8 Å². The van der Waals surface area contributed by atoms with Crippen molar-refractivity contribution in [2.75, 3.05) is 12.0 Å². The maximum atomic E-state index is 3.88. The fourth-order valence-electron chi connectivity index (χ4n) is 2.66. The van der Waals surface area contributed by atoms with Gasteiger partial charge in [0.2, 0.25) is 0 Å². The first-order chi connectivity index (χ1) is 7.15. The van der Waals surface area contributed by atoms with Crippen LogP contribution in [-0.4, -0.2) is 16.8 Å². The molecule has 0 aromatic carbocycles. The highest BCUT2D eigenvalue weighted by molar-refractivity contribution is 9.09. The molecule has 0 radical (unpaired) electrons. The smallest absolute Gasteiger partial charge is 0.0174 e. The van der Waals surface area contributed by atoms with Crippen molar-refractivity contribution in [3.8, 4) is 0 Å². The number of halogens is 1. The summed E-state index contributed by atoms with van der Waals surface area (Å²) in [7, 11) is 0. The Bertz CT molecular complexity index is 170. The summed E-state index contributed by atoms with van der Waals surface area (Å²) in [6.07, 6.45) is 9.34. The molecule has 3 atom stereocenters. The number of hydrogen-bond acceptors (Lipinski definition) is 1. The second-order valence-electron chi connectivity index (χ2n) is 5.23. The van der Waals surface area contributed by atoms with Crippen LogP contribution in [0.2, 0.25) is 0 Å². The Morgan fingerprint density at radius 3 is 2.67 bits per heavy atom. The molecule has 0 bridgehead atoms. The summed E-state index contributed by atoms with van der Waals surface area (Å²) in [6.45, 7) is 4.77. The third-order valence-electron chi connectivity index (χ3n) is 3.80. The third kappa shape index (κ3) is 4.68. The molecule has 0 aromatic heterocycles. The van der Waals surface area contributed by atoms with Crippen molar-refractivity contribution in [1.29, 1.82) is 0 Å². The van der Waals surface area contributed by atoms with Gasteiger partial charge in [0.25, 0.3) is 0 Å². The van der Waals surface area contributed by atoms with E-state index in [9.17, 15) is 0 Å². The Kier molecular flexibility index (Phi) is 6.68. The van der Waals surface area contributed by atoms with E-state index < -0.39 is 0 Å². The molecule has 90 valence electrons. The van der Waals surface area contributed by atoms with Gasteiger partial charge in [0.05, 0.1) is 0 Å². The van der Waals surface area contributed by atoms with Crippen LogP contribution >= 0.6 is 27.7 Å². The molecule has 0 heterocycles. The molecular formula is C13H25BrS. The Labute approximate surface area is 108 Å². The van der Waals surface area contributed by atoms with E-state index in [0.29, 0.717) is 0 Å². The first-order valence-electron chi connectivity index (χ1n) is 6.28. The molecule has 0 aliphatic heterocycles. The van der Waals surface area contributed by atoms with Gasteiger partial charge in [0.15, 0.2) is 0 Å². The zero-order valence-corrected chi connectivity index (χ0v) is 12.7. The standard InChI is InChI=1S/C13H25BrS/c1-10(2)11-6-7-13(14)12(9-11)5-4-8-15-3/h10-13H,4-9H2,1-3H3. The van der Waals surface area contributed by atoms with Gasteiger partial charge < -0.3 is 0 Å². The summed E-state index contributed by atoms with van der Waals surface area (Å²) in [5.74, 6) is 4.15. The topological polar surface area (TPSA) is 0 Å². The van der Waals surface area contributed by atoms with E-state index in [1.807, 2.05) is 11.8 Å². The molecule has 1 aliphatic carbocycles. The molecule has 0 amide bonds. The number of hydrogen-bond donors (Lipinski definition) is 0. The molecule has 0 nitrogen and oxygen atoms in total. The summed E-state index contributed by atoms with van der Waals surface area (Å²) in [6, 6.07) is 0. The monoisotopic (exact) mass is 292 g/mol. The summed E-state index contributed by atoms with van der Waals surface area (Å²) >= 11 is 5.86. The normalized spacial score (nSPS) is 32.2. The lowest BCUT2D eigenvalue weighted by Gasteiger charge is -2.35. The van der Waals surface area contributed by atoms with Crippen molar-refractivity contribution < 1.29 is 0 Å². The quantitative estimate of drug-likeness (QED) is 0.509. The second-order valence-corrected chi connectivity index (χ2v) is 7.39. The minimum atomic E-state index is 0.800. The molecule has 0 saturated heterocycles. The molecule has 0 aromatic rings. The van der Waals surface area contributed by atoms with Crippen LogP contribution < -0.4 is 0 Å². The van der Waals surface area contributed by atoms with Crippen LogP contribution in [0.15, 0.2) is 0 Å². The van der Waals surface area contributed by atoms with Gasteiger partial charge in [-0.1, -0.05) is 29.8 Å². The predicted octanol–water partition coefficient (Wildman–Crippen LogP) is 4.97. The fraction of sp³-hybridized carbons (Fsp3) is 1.00. The maximum absolute atomic E-state index is 3.88. The van der Waals surface area contributed by atoms with Gasteiger partial charge in [-0.15, -0.1) is 0 Å². The molecule has 3 unspecified atom stereocenters. The van der Waals surface area contributed by atoms with Crippen molar-refractivity contribution in [3.63, 3.8) is 0 Å². The Hall–Kier alpha value is 0.830. The van der Waals surface area contributed by atoms with Crippen LogP contribution in [0.4, 0.5) is 0 Å². The molecule has 1 aliphatic rings. The minimum Gasteiger partial charge on any atom is -0.165 e. The van der Waals surface area contributed by atoms with E-state index in [1.165, 1.54) is 37.9 Å². The number of thioether (sulfide) groups is 1. The lowest BCUT2D eigenvalue weighted by atomic mass is 9.75. The van der Waals surface area contributed by atoms with Gasteiger partial charge in [0.1, 0.15) is 0 Å². The van der Waals surface area contributed by atoms with Crippen molar-refractivity contribution in [2.45, 2.75) is 50.8 Å². The first-order valence-corrected chi connectivity index (χ1v) is 8.59. The lowest BCUT2D eigenvalue weighted by molar-refractivity contribution is 0.215. The average Bonchev–Trinajstić information content (AvgIpc) is 2.20. The van der Waals surface area contributed by atoms with Gasteiger partial charge in [0, 0.05) is 4.83 Å². The van der Waals surface area contributed by atoms with Crippen LogP contribution in [0.1, 0.15) is 46.0 Å². The van der Waals surface area contributed by atoms with E-state index >= 15 is 0 Å². The molecule has 1 saturated carbocycles. The zero-order valence-electron chi connectivity index (χ0n) is 10.3. The Morgan fingerprint density at radius 1 is 1.33 bits per heavy atom. The van der Waals surface area contributed by atoms with Crippen LogP contribution in [0.5, 0.6) is 0 Å². The summed E-state index contributed by atoms with van der Waals surface area (Å²) in [5.41, 5.74) is 0. The largest absolute Gasteiger partial charge is 0.165 e. The molecular weight excluding hydrogens is 268 g/mol. The van der Waals surface area contributed by atoms with Gasteiger partial charge in [-0.05, 0) is 61.9 Å². The number of alkyl halides is 1. The highest BCUT2D eigenvalue weighted by Crippen LogP contribution is 2.39. The summed E-state index contributed by atoms with van der Waals surface area (Å²) in [5, 5.41) is 0. The maximum Gasteiger partial charge on any atom is 0.0174 e.